The summed E-state index contributed by atoms with van der Waals surface area (Å²) >= 11 is 0. The van der Waals surface area contributed by atoms with Gasteiger partial charge in [0.25, 0.3) is 0 Å². The number of hydrogen-bond acceptors (Lipinski definition) is 4. The molecule has 0 bridgehead atoms. The zero-order valence-electron chi connectivity index (χ0n) is 11.8. The third kappa shape index (κ3) is 5.92. The topological polar surface area (TPSA) is 76.1 Å². The lowest BCUT2D eigenvalue weighted by Gasteiger charge is -2.33. The van der Waals surface area contributed by atoms with E-state index in [-0.39, 0.29) is 19.3 Å². The molecule has 1 unspecified atom stereocenters. The Labute approximate surface area is 113 Å². The van der Waals surface area contributed by atoms with Crippen molar-refractivity contribution in [3.05, 3.63) is 0 Å². The number of piperidine rings is 1. The van der Waals surface area contributed by atoms with Gasteiger partial charge in [-0.3, -0.25) is 0 Å². The lowest BCUT2D eigenvalue weighted by atomic mass is 10.0. The van der Waals surface area contributed by atoms with Gasteiger partial charge in [0.05, 0.1) is 12.6 Å². The maximum atomic E-state index is 11.4. The highest BCUT2D eigenvalue weighted by atomic mass is 16.6. The average Bonchev–Trinajstić information content (AvgIpc) is 2.27. The van der Waals surface area contributed by atoms with Crippen molar-refractivity contribution in [2.45, 2.75) is 51.7 Å². The molecule has 1 N–H and O–H groups in total. The third-order valence-corrected chi connectivity index (χ3v) is 2.82. The summed E-state index contributed by atoms with van der Waals surface area (Å²) in [6.45, 7) is 6.01. The van der Waals surface area contributed by atoms with Gasteiger partial charge < -0.3 is 19.5 Å². The average molecular weight is 273 g/mol. The van der Waals surface area contributed by atoms with E-state index in [0.29, 0.717) is 6.54 Å². The lowest BCUT2D eigenvalue weighted by Crippen LogP contribution is -2.45. The predicted molar refractivity (Wildman–Crippen MR) is 69.0 cm³/mol. The van der Waals surface area contributed by atoms with E-state index in [1.54, 1.807) is 20.8 Å². The van der Waals surface area contributed by atoms with Crippen molar-refractivity contribution in [1.82, 2.24) is 4.90 Å². The standard InChI is InChI=1S/C13H23NO5/c1-13(2,3)19-11(15)9-18-8-10-6-4-5-7-14(10)12(16)17/h10H,4-9H2,1-3H3,(H,16,17). The maximum absolute atomic E-state index is 11.4. The fourth-order valence-electron chi connectivity index (χ4n) is 2.07. The summed E-state index contributed by atoms with van der Waals surface area (Å²) < 4.78 is 10.4. The molecule has 0 aromatic rings. The minimum absolute atomic E-state index is 0.138. The van der Waals surface area contributed by atoms with E-state index in [9.17, 15) is 9.59 Å². The van der Waals surface area contributed by atoms with Crippen molar-refractivity contribution in [1.29, 1.82) is 0 Å². The van der Waals surface area contributed by atoms with Crippen LogP contribution in [0.4, 0.5) is 4.79 Å². The molecular formula is C13H23NO5. The van der Waals surface area contributed by atoms with Crippen LogP contribution in [0.3, 0.4) is 0 Å². The minimum Gasteiger partial charge on any atom is -0.465 e. The highest BCUT2D eigenvalue weighted by Crippen LogP contribution is 2.17. The number of nitrogens with zero attached hydrogens (tertiary/aromatic N) is 1. The Hall–Kier alpha value is -1.30. The van der Waals surface area contributed by atoms with Gasteiger partial charge >= 0.3 is 12.1 Å². The molecule has 0 radical (unpaired) electrons. The molecule has 6 nitrogen and oxygen atoms in total. The van der Waals surface area contributed by atoms with Crippen molar-refractivity contribution >= 4 is 12.1 Å². The Kier molecular flexibility index (Phi) is 5.60. The van der Waals surface area contributed by atoms with Gasteiger partial charge in [0.2, 0.25) is 0 Å². The van der Waals surface area contributed by atoms with Crippen molar-refractivity contribution in [2.24, 2.45) is 0 Å². The fraction of sp³-hybridized carbons (Fsp3) is 0.846. The molecule has 0 aromatic carbocycles. The van der Waals surface area contributed by atoms with E-state index in [4.69, 9.17) is 14.6 Å². The van der Waals surface area contributed by atoms with Crippen LogP contribution in [0, 0.1) is 0 Å². The second-order valence-corrected chi connectivity index (χ2v) is 5.73. The van der Waals surface area contributed by atoms with Gasteiger partial charge in [-0.1, -0.05) is 0 Å². The predicted octanol–water partition coefficient (Wildman–Crippen LogP) is 1.88. The molecule has 0 aromatic heterocycles. The highest BCUT2D eigenvalue weighted by Gasteiger charge is 2.26. The van der Waals surface area contributed by atoms with E-state index in [1.165, 1.54) is 4.90 Å². The first-order chi connectivity index (χ1) is 8.79. The van der Waals surface area contributed by atoms with Crippen LogP contribution in [0.5, 0.6) is 0 Å². The summed E-state index contributed by atoms with van der Waals surface area (Å²) in [5, 5.41) is 9.05. The van der Waals surface area contributed by atoms with E-state index < -0.39 is 17.7 Å². The number of carbonyl (C=O) groups excluding carboxylic acids is 1. The summed E-state index contributed by atoms with van der Waals surface area (Å²) in [4.78, 5) is 23.9. The van der Waals surface area contributed by atoms with Gasteiger partial charge in [-0.25, -0.2) is 9.59 Å². The lowest BCUT2D eigenvalue weighted by molar-refractivity contribution is -0.160. The number of hydrogen-bond donors (Lipinski definition) is 1. The zero-order valence-corrected chi connectivity index (χ0v) is 11.8. The van der Waals surface area contributed by atoms with Gasteiger partial charge in [-0.15, -0.1) is 0 Å². The van der Waals surface area contributed by atoms with Gasteiger partial charge in [0.1, 0.15) is 12.2 Å². The Bertz CT molecular complexity index is 323. The molecule has 1 heterocycles. The third-order valence-electron chi connectivity index (χ3n) is 2.82. The molecule has 1 saturated heterocycles. The number of amides is 1. The van der Waals surface area contributed by atoms with Crippen LogP contribution >= 0.6 is 0 Å². The maximum Gasteiger partial charge on any atom is 0.407 e. The van der Waals surface area contributed by atoms with Crippen LogP contribution in [0.1, 0.15) is 40.0 Å². The van der Waals surface area contributed by atoms with E-state index in [2.05, 4.69) is 0 Å². The molecule has 1 amide bonds. The van der Waals surface area contributed by atoms with E-state index >= 15 is 0 Å². The minimum atomic E-state index is -0.925. The van der Waals surface area contributed by atoms with Crippen LogP contribution in [-0.4, -0.2) is 53.5 Å². The van der Waals surface area contributed by atoms with E-state index in [1.807, 2.05) is 0 Å². The molecule has 0 saturated carbocycles. The van der Waals surface area contributed by atoms with Crippen LogP contribution in [0.15, 0.2) is 0 Å². The SMILES string of the molecule is CC(C)(C)OC(=O)COCC1CCCCN1C(=O)O. The van der Waals surface area contributed by atoms with Crippen molar-refractivity contribution in [3.8, 4) is 0 Å². The summed E-state index contributed by atoms with van der Waals surface area (Å²) in [6, 6.07) is -0.159. The first-order valence-electron chi connectivity index (χ1n) is 6.59. The summed E-state index contributed by atoms with van der Waals surface area (Å²) in [5.41, 5.74) is -0.529. The summed E-state index contributed by atoms with van der Waals surface area (Å²) in [5.74, 6) is -0.426. The van der Waals surface area contributed by atoms with E-state index in [0.717, 1.165) is 19.3 Å². The van der Waals surface area contributed by atoms with Crippen LogP contribution in [-0.2, 0) is 14.3 Å². The number of carboxylic acid groups (broad SMARTS) is 1. The first-order valence-corrected chi connectivity index (χ1v) is 6.59. The van der Waals surface area contributed by atoms with Crippen molar-refractivity contribution < 1.29 is 24.2 Å². The van der Waals surface area contributed by atoms with Gasteiger partial charge in [-0.05, 0) is 40.0 Å². The number of ether oxygens (including phenoxy) is 2. The zero-order chi connectivity index (χ0) is 14.5. The fourth-order valence-corrected chi connectivity index (χ4v) is 2.07. The Balaban J connectivity index is 2.31. The Morgan fingerprint density at radius 2 is 2.00 bits per heavy atom. The normalized spacial score (nSPS) is 20.2. The number of carbonyl (C=O) groups is 2. The quantitative estimate of drug-likeness (QED) is 0.791. The molecule has 1 rings (SSSR count). The monoisotopic (exact) mass is 273 g/mol. The van der Waals surface area contributed by atoms with Crippen molar-refractivity contribution in [2.75, 3.05) is 19.8 Å². The largest absolute Gasteiger partial charge is 0.465 e. The number of esters is 1. The number of likely N-dealkylation sites (tertiary alicyclic amines) is 1. The Morgan fingerprint density at radius 3 is 2.58 bits per heavy atom. The number of rotatable bonds is 4. The first kappa shape index (κ1) is 15.8. The summed E-state index contributed by atoms with van der Waals surface area (Å²) in [6.07, 6.45) is 1.73. The molecule has 0 spiro atoms. The van der Waals surface area contributed by atoms with Crippen molar-refractivity contribution in [3.63, 3.8) is 0 Å². The van der Waals surface area contributed by atoms with Gasteiger partial charge in [0.15, 0.2) is 0 Å². The molecule has 110 valence electrons. The highest BCUT2D eigenvalue weighted by molar-refractivity contribution is 5.71. The van der Waals surface area contributed by atoms with Crippen LogP contribution in [0.2, 0.25) is 0 Å². The van der Waals surface area contributed by atoms with Gasteiger partial charge in [-0.2, -0.15) is 0 Å². The van der Waals surface area contributed by atoms with Crippen LogP contribution < -0.4 is 0 Å². The second-order valence-electron chi connectivity index (χ2n) is 5.73. The molecular weight excluding hydrogens is 250 g/mol. The molecule has 1 aliphatic heterocycles. The molecule has 6 heteroatoms. The molecule has 1 fully saturated rings. The molecule has 0 aliphatic carbocycles. The van der Waals surface area contributed by atoms with Crippen LogP contribution in [0.25, 0.3) is 0 Å². The molecule has 1 atom stereocenters. The summed E-state index contributed by atoms with van der Waals surface area (Å²) in [7, 11) is 0. The second kappa shape index (κ2) is 6.75. The smallest absolute Gasteiger partial charge is 0.407 e. The molecule has 1 aliphatic rings. The van der Waals surface area contributed by atoms with Gasteiger partial charge in [0, 0.05) is 6.54 Å². The Morgan fingerprint density at radius 1 is 1.32 bits per heavy atom. The molecule has 19 heavy (non-hydrogen) atoms.